The summed E-state index contributed by atoms with van der Waals surface area (Å²) in [6, 6.07) is 7.83. The van der Waals surface area contributed by atoms with Crippen LogP contribution >= 0.6 is 11.8 Å². The van der Waals surface area contributed by atoms with E-state index in [0.29, 0.717) is 0 Å². The Labute approximate surface area is 104 Å². The maximum atomic E-state index is 12.1. The number of rotatable bonds is 6. The van der Waals surface area contributed by atoms with Gasteiger partial charge in [-0.15, -0.1) is 11.8 Å². The molecule has 0 aliphatic heterocycles. The molecule has 5 heteroatoms. The third kappa shape index (κ3) is 4.61. The number of hydrogen-bond acceptors (Lipinski definition) is 3. The van der Waals surface area contributed by atoms with Crippen molar-refractivity contribution in [2.75, 3.05) is 12.8 Å². The van der Waals surface area contributed by atoms with E-state index >= 15 is 0 Å². The van der Waals surface area contributed by atoms with Gasteiger partial charge in [-0.2, -0.15) is 0 Å². The van der Waals surface area contributed by atoms with Gasteiger partial charge < -0.3 is 10.4 Å². The highest BCUT2D eigenvalue weighted by Crippen LogP contribution is 2.18. The summed E-state index contributed by atoms with van der Waals surface area (Å²) in [5.41, 5.74) is 1.02. The fourth-order valence-corrected chi connectivity index (χ4v) is 1.81. The van der Waals surface area contributed by atoms with Crippen molar-refractivity contribution >= 4 is 11.8 Å². The summed E-state index contributed by atoms with van der Waals surface area (Å²) in [6.07, 6.45) is -2.31. The average Bonchev–Trinajstić information content (AvgIpc) is 2.35. The van der Waals surface area contributed by atoms with Crippen molar-refractivity contribution < 1.29 is 13.9 Å². The Kier molecular flexibility index (Phi) is 5.88. The molecule has 0 heterocycles. The van der Waals surface area contributed by atoms with Gasteiger partial charge in [0.2, 0.25) is 0 Å². The molecule has 0 amide bonds. The third-order valence-electron chi connectivity index (χ3n) is 2.54. The van der Waals surface area contributed by atoms with Crippen LogP contribution < -0.4 is 5.32 Å². The second-order valence-corrected chi connectivity index (χ2v) is 4.68. The molecule has 1 aromatic rings. The van der Waals surface area contributed by atoms with E-state index in [-0.39, 0.29) is 12.6 Å². The molecule has 0 aliphatic rings. The Bertz CT molecular complexity index is 332. The zero-order chi connectivity index (χ0) is 12.8. The lowest BCUT2D eigenvalue weighted by molar-refractivity contribution is -0.00439. The zero-order valence-electron chi connectivity index (χ0n) is 9.86. The van der Waals surface area contributed by atoms with E-state index < -0.39 is 12.5 Å². The minimum Gasteiger partial charge on any atom is -0.386 e. The quantitative estimate of drug-likeness (QED) is 0.772. The van der Waals surface area contributed by atoms with Gasteiger partial charge in [0.15, 0.2) is 0 Å². The number of alkyl halides is 2. The summed E-state index contributed by atoms with van der Waals surface area (Å²) in [7, 11) is 0. The van der Waals surface area contributed by atoms with Crippen LogP contribution in [0.2, 0.25) is 0 Å². The van der Waals surface area contributed by atoms with Gasteiger partial charge in [-0.3, -0.25) is 0 Å². The lowest BCUT2D eigenvalue weighted by Crippen LogP contribution is -2.33. The molecule has 96 valence electrons. The highest BCUT2D eigenvalue weighted by Gasteiger charge is 2.17. The van der Waals surface area contributed by atoms with Gasteiger partial charge in [-0.05, 0) is 30.9 Å². The van der Waals surface area contributed by atoms with Crippen molar-refractivity contribution in [3.8, 4) is 0 Å². The van der Waals surface area contributed by atoms with Crippen LogP contribution in [0.15, 0.2) is 29.2 Å². The highest BCUT2D eigenvalue weighted by atomic mass is 32.2. The first-order chi connectivity index (χ1) is 8.04. The van der Waals surface area contributed by atoms with E-state index in [1.165, 1.54) is 0 Å². The van der Waals surface area contributed by atoms with Gasteiger partial charge in [0.25, 0.3) is 6.43 Å². The maximum absolute atomic E-state index is 12.1. The second kappa shape index (κ2) is 6.93. The molecular formula is C12H17F2NOS. The molecule has 2 nitrogen and oxygen atoms in total. The van der Waals surface area contributed by atoms with E-state index in [4.69, 9.17) is 5.11 Å². The summed E-state index contributed by atoms with van der Waals surface area (Å²) < 4.78 is 24.2. The zero-order valence-corrected chi connectivity index (χ0v) is 10.7. The summed E-state index contributed by atoms with van der Waals surface area (Å²) >= 11 is 1.65. The summed E-state index contributed by atoms with van der Waals surface area (Å²) in [5.74, 6) is 0. The molecule has 1 aromatic carbocycles. The van der Waals surface area contributed by atoms with Crippen molar-refractivity contribution in [2.45, 2.75) is 30.4 Å². The molecule has 0 saturated heterocycles. The van der Waals surface area contributed by atoms with E-state index in [1.54, 1.807) is 11.8 Å². The van der Waals surface area contributed by atoms with Crippen molar-refractivity contribution in [3.63, 3.8) is 0 Å². The van der Waals surface area contributed by atoms with Gasteiger partial charge in [0, 0.05) is 17.5 Å². The standard InChI is InChI=1S/C12H17F2NOS/c1-8(15-7-11(16)12(13)14)9-3-5-10(17-2)6-4-9/h3-6,8,11-12,15-16H,7H2,1-2H3. The first-order valence-electron chi connectivity index (χ1n) is 5.38. The smallest absolute Gasteiger partial charge is 0.265 e. The van der Waals surface area contributed by atoms with Crippen molar-refractivity contribution in [1.29, 1.82) is 0 Å². The topological polar surface area (TPSA) is 32.3 Å². The highest BCUT2D eigenvalue weighted by molar-refractivity contribution is 7.98. The van der Waals surface area contributed by atoms with E-state index in [2.05, 4.69) is 5.32 Å². The Morgan fingerprint density at radius 3 is 2.35 bits per heavy atom. The summed E-state index contributed by atoms with van der Waals surface area (Å²) in [4.78, 5) is 1.16. The van der Waals surface area contributed by atoms with Crippen LogP contribution in [-0.2, 0) is 0 Å². The minimum atomic E-state index is -2.70. The van der Waals surface area contributed by atoms with Gasteiger partial charge in [0.1, 0.15) is 6.10 Å². The summed E-state index contributed by atoms with van der Waals surface area (Å²) in [6.45, 7) is 1.77. The van der Waals surface area contributed by atoms with Crippen LogP contribution in [0, 0.1) is 0 Å². The average molecular weight is 261 g/mol. The normalized spacial score (nSPS) is 14.9. The van der Waals surface area contributed by atoms with Crippen LogP contribution in [0.5, 0.6) is 0 Å². The number of hydrogen-bond donors (Lipinski definition) is 2. The Morgan fingerprint density at radius 1 is 1.29 bits per heavy atom. The van der Waals surface area contributed by atoms with Crippen LogP contribution in [0.4, 0.5) is 8.78 Å². The molecule has 0 fully saturated rings. The van der Waals surface area contributed by atoms with Gasteiger partial charge in [0.05, 0.1) is 0 Å². The molecule has 17 heavy (non-hydrogen) atoms. The molecule has 0 saturated carbocycles. The van der Waals surface area contributed by atoms with Gasteiger partial charge in [-0.1, -0.05) is 12.1 Å². The first kappa shape index (κ1) is 14.4. The molecule has 0 spiro atoms. The third-order valence-corrected chi connectivity index (χ3v) is 3.28. The van der Waals surface area contributed by atoms with Crippen LogP contribution in [0.3, 0.4) is 0 Å². The Balaban J connectivity index is 2.48. The first-order valence-corrected chi connectivity index (χ1v) is 6.60. The monoisotopic (exact) mass is 261 g/mol. The molecule has 2 atom stereocenters. The molecule has 1 rings (SSSR count). The second-order valence-electron chi connectivity index (χ2n) is 3.80. The molecule has 0 aliphatic carbocycles. The van der Waals surface area contributed by atoms with Gasteiger partial charge in [-0.25, -0.2) is 8.78 Å². The van der Waals surface area contributed by atoms with Crippen molar-refractivity contribution in [3.05, 3.63) is 29.8 Å². The maximum Gasteiger partial charge on any atom is 0.265 e. The SMILES string of the molecule is CSc1ccc(C(C)NCC(O)C(F)F)cc1. The number of benzene rings is 1. The van der Waals surface area contributed by atoms with Crippen molar-refractivity contribution in [2.24, 2.45) is 0 Å². The molecule has 0 radical (unpaired) electrons. The predicted octanol–water partition coefficient (Wildman–Crippen LogP) is 2.69. The van der Waals surface area contributed by atoms with Crippen molar-refractivity contribution in [1.82, 2.24) is 5.32 Å². The van der Waals surface area contributed by atoms with Crippen LogP contribution in [0.25, 0.3) is 0 Å². The largest absolute Gasteiger partial charge is 0.386 e. The van der Waals surface area contributed by atoms with Crippen LogP contribution in [0.1, 0.15) is 18.5 Å². The molecule has 2 N–H and O–H groups in total. The van der Waals surface area contributed by atoms with E-state index in [9.17, 15) is 8.78 Å². The fraction of sp³-hybridized carbons (Fsp3) is 0.500. The number of aliphatic hydroxyl groups excluding tert-OH is 1. The number of aliphatic hydroxyl groups is 1. The lowest BCUT2D eigenvalue weighted by atomic mass is 10.1. The lowest BCUT2D eigenvalue weighted by Gasteiger charge is -2.17. The molecule has 2 unspecified atom stereocenters. The Hall–Kier alpha value is -0.650. The van der Waals surface area contributed by atoms with E-state index in [0.717, 1.165) is 10.5 Å². The number of thioether (sulfide) groups is 1. The van der Waals surface area contributed by atoms with Crippen LogP contribution in [-0.4, -0.2) is 30.4 Å². The summed E-state index contributed by atoms with van der Waals surface area (Å²) in [5, 5.41) is 11.9. The van der Waals surface area contributed by atoms with Gasteiger partial charge >= 0.3 is 0 Å². The minimum absolute atomic E-state index is 0.0562. The fourth-order valence-electron chi connectivity index (χ4n) is 1.40. The van der Waals surface area contributed by atoms with E-state index in [1.807, 2.05) is 37.4 Å². The Morgan fingerprint density at radius 2 is 1.88 bits per heavy atom. The predicted molar refractivity (Wildman–Crippen MR) is 66.7 cm³/mol. The number of nitrogens with one attached hydrogen (secondary N) is 1. The molecular weight excluding hydrogens is 244 g/mol. The number of halogens is 2. The molecule has 0 aromatic heterocycles. The molecule has 0 bridgehead atoms.